The van der Waals surface area contributed by atoms with Gasteiger partial charge in [-0.05, 0) is 24.6 Å². The molecule has 1 aliphatic heterocycles. The highest BCUT2D eigenvalue weighted by atomic mass is 16.3. The number of phenols is 1. The summed E-state index contributed by atoms with van der Waals surface area (Å²) < 4.78 is 0. The minimum atomic E-state index is -0.0342. The number of aromatic hydroxyl groups is 1. The van der Waals surface area contributed by atoms with Gasteiger partial charge in [0.05, 0.1) is 11.3 Å². The number of phenolic OH excluding ortho intramolecular Hbond substituents is 1. The smallest absolute Gasteiger partial charge is 0.255 e. The third-order valence-corrected chi connectivity index (χ3v) is 3.58. The average Bonchev–Trinajstić information content (AvgIpc) is 2.39. The van der Waals surface area contributed by atoms with Crippen LogP contribution in [-0.4, -0.2) is 26.5 Å². The first-order valence-electron chi connectivity index (χ1n) is 6.71. The van der Waals surface area contributed by atoms with Gasteiger partial charge in [-0.2, -0.15) is 0 Å². The Hall–Kier alpha value is -2.14. The first-order valence-corrected chi connectivity index (χ1v) is 6.71. The van der Waals surface area contributed by atoms with Gasteiger partial charge in [-0.15, -0.1) is 0 Å². The van der Waals surface area contributed by atoms with Crippen molar-refractivity contribution in [1.82, 2.24) is 14.9 Å². The summed E-state index contributed by atoms with van der Waals surface area (Å²) in [7, 11) is 0. The second kappa shape index (κ2) is 5.09. The molecule has 0 unspecified atom stereocenters. The SMILES string of the molecule is Cc1nc2c(c(=O)[nH]1)CN(Cc1cccc(O)c1)CC2. The lowest BCUT2D eigenvalue weighted by Gasteiger charge is -2.27. The zero-order chi connectivity index (χ0) is 14.1. The van der Waals surface area contributed by atoms with E-state index < -0.39 is 0 Å². The van der Waals surface area contributed by atoms with Gasteiger partial charge in [0.2, 0.25) is 0 Å². The highest BCUT2D eigenvalue weighted by molar-refractivity contribution is 5.27. The lowest BCUT2D eigenvalue weighted by molar-refractivity contribution is 0.241. The van der Waals surface area contributed by atoms with Gasteiger partial charge in [0, 0.05) is 26.1 Å². The van der Waals surface area contributed by atoms with E-state index >= 15 is 0 Å². The number of fused-ring (bicyclic) bond motifs is 1. The van der Waals surface area contributed by atoms with E-state index in [4.69, 9.17) is 0 Å². The van der Waals surface area contributed by atoms with Crippen LogP contribution in [0.3, 0.4) is 0 Å². The number of rotatable bonds is 2. The third-order valence-electron chi connectivity index (χ3n) is 3.58. The van der Waals surface area contributed by atoms with Crippen molar-refractivity contribution in [3.8, 4) is 5.75 Å². The third kappa shape index (κ3) is 2.58. The molecule has 0 fully saturated rings. The second-order valence-electron chi connectivity index (χ2n) is 5.21. The fourth-order valence-corrected chi connectivity index (χ4v) is 2.65. The van der Waals surface area contributed by atoms with Crippen LogP contribution in [0.25, 0.3) is 0 Å². The summed E-state index contributed by atoms with van der Waals surface area (Å²) in [6, 6.07) is 7.23. The highest BCUT2D eigenvalue weighted by Crippen LogP contribution is 2.18. The van der Waals surface area contributed by atoms with E-state index in [2.05, 4.69) is 14.9 Å². The van der Waals surface area contributed by atoms with Crippen LogP contribution in [0, 0.1) is 6.92 Å². The Kier molecular flexibility index (Phi) is 3.28. The Bertz CT molecular complexity index is 694. The lowest BCUT2D eigenvalue weighted by Crippen LogP contribution is -2.35. The minimum Gasteiger partial charge on any atom is -0.508 e. The molecule has 0 amide bonds. The molecule has 2 N–H and O–H groups in total. The second-order valence-corrected chi connectivity index (χ2v) is 5.21. The van der Waals surface area contributed by atoms with Crippen molar-refractivity contribution in [2.24, 2.45) is 0 Å². The van der Waals surface area contributed by atoms with Crippen molar-refractivity contribution in [2.45, 2.75) is 26.4 Å². The van der Waals surface area contributed by atoms with Crippen LogP contribution < -0.4 is 5.56 Å². The number of H-pyrrole nitrogens is 1. The van der Waals surface area contributed by atoms with Crippen LogP contribution in [0.1, 0.15) is 22.6 Å². The number of hydrogen-bond donors (Lipinski definition) is 2. The van der Waals surface area contributed by atoms with Crippen LogP contribution in [0.5, 0.6) is 5.75 Å². The molecule has 104 valence electrons. The predicted molar refractivity (Wildman–Crippen MR) is 75.5 cm³/mol. The largest absolute Gasteiger partial charge is 0.508 e. The molecule has 2 aromatic rings. The molecule has 1 aromatic carbocycles. The van der Waals surface area contributed by atoms with Crippen LogP contribution in [-0.2, 0) is 19.5 Å². The molecular formula is C15H17N3O2. The number of nitrogens with zero attached hydrogens (tertiary/aromatic N) is 2. The summed E-state index contributed by atoms with van der Waals surface area (Å²) in [5, 5.41) is 9.49. The standard InChI is InChI=1S/C15H17N3O2/c1-10-16-14-5-6-18(9-13(14)15(20)17-10)8-11-3-2-4-12(19)7-11/h2-4,7,19H,5-6,8-9H2,1H3,(H,16,17,20). The molecule has 0 radical (unpaired) electrons. The lowest BCUT2D eigenvalue weighted by atomic mass is 10.1. The summed E-state index contributed by atoms with van der Waals surface area (Å²) in [6.07, 6.45) is 0.791. The molecule has 5 heteroatoms. The molecule has 0 saturated carbocycles. The Morgan fingerprint density at radius 2 is 2.30 bits per heavy atom. The van der Waals surface area contributed by atoms with Gasteiger partial charge in [-0.3, -0.25) is 9.69 Å². The summed E-state index contributed by atoms with van der Waals surface area (Å²) in [5.74, 6) is 0.949. The zero-order valence-electron chi connectivity index (χ0n) is 11.4. The highest BCUT2D eigenvalue weighted by Gasteiger charge is 2.20. The van der Waals surface area contributed by atoms with Gasteiger partial charge < -0.3 is 10.1 Å². The summed E-state index contributed by atoms with van der Waals surface area (Å²) >= 11 is 0. The van der Waals surface area contributed by atoms with E-state index in [9.17, 15) is 9.90 Å². The minimum absolute atomic E-state index is 0.0342. The molecule has 2 heterocycles. The summed E-state index contributed by atoms with van der Waals surface area (Å²) in [6.45, 7) is 4.01. The number of aromatic amines is 1. The van der Waals surface area contributed by atoms with Gasteiger partial charge in [0.1, 0.15) is 11.6 Å². The number of aromatic nitrogens is 2. The first-order chi connectivity index (χ1) is 9.61. The van der Waals surface area contributed by atoms with Crippen molar-refractivity contribution in [1.29, 1.82) is 0 Å². The fourth-order valence-electron chi connectivity index (χ4n) is 2.65. The first kappa shape index (κ1) is 12.9. The molecule has 1 aromatic heterocycles. The van der Waals surface area contributed by atoms with Gasteiger partial charge in [-0.1, -0.05) is 12.1 Å². The van der Waals surface area contributed by atoms with E-state index in [1.807, 2.05) is 12.1 Å². The maximum absolute atomic E-state index is 12.0. The number of hydrogen-bond acceptors (Lipinski definition) is 4. The normalized spacial score (nSPS) is 15.1. The topological polar surface area (TPSA) is 69.2 Å². The predicted octanol–water partition coefficient (Wildman–Crippen LogP) is 1.34. The molecule has 5 nitrogen and oxygen atoms in total. The van der Waals surface area contributed by atoms with E-state index in [1.54, 1.807) is 19.1 Å². The van der Waals surface area contributed by atoms with Crippen molar-refractivity contribution in [2.75, 3.05) is 6.54 Å². The fraction of sp³-hybridized carbons (Fsp3) is 0.333. The molecular weight excluding hydrogens is 254 g/mol. The Labute approximate surface area is 116 Å². The monoisotopic (exact) mass is 271 g/mol. The Balaban J connectivity index is 1.81. The van der Waals surface area contributed by atoms with Gasteiger partial charge >= 0.3 is 0 Å². The Morgan fingerprint density at radius 3 is 3.10 bits per heavy atom. The molecule has 3 rings (SSSR count). The molecule has 20 heavy (non-hydrogen) atoms. The van der Waals surface area contributed by atoms with Crippen molar-refractivity contribution in [3.63, 3.8) is 0 Å². The van der Waals surface area contributed by atoms with Gasteiger partial charge in [-0.25, -0.2) is 4.98 Å². The Morgan fingerprint density at radius 1 is 1.45 bits per heavy atom. The van der Waals surface area contributed by atoms with Gasteiger partial charge in [0.15, 0.2) is 0 Å². The van der Waals surface area contributed by atoms with E-state index in [-0.39, 0.29) is 11.3 Å². The van der Waals surface area contributed by atoms with Crippen LogP contribution >= 0.6 is 0 Å². The zero-order valence-corrected chi connectivity index (χ0v) is 11.4. The van der Waals surface area contributed by atoms with Crippen molar-refractivity contribution < 1.29 is 5.11 Å². The van der Waals surface area contributed by atoms with Crippen LogP contribution in [0.2, 0.25) is 0 Å². The maximum atomic E-state index is 12.0. The quantitative estimate of drug-likeness (QED) is 0.865. The molecule has 0 bridgehead atoms. The van der Waals surface area contributed by atoms with Crippen LogP contribution in [0.15, 0.2) is 29.1 Å². The molecule has 1 aliphatic rings. The summed E-state index contributed by atoms with van der Waals surface area (Å²) in [5.41, 5.74) is 2.69. The number of nitrogens with one attached hydrogen (secondary N) is 1. The van der Waals surface area contributed by atoms with Crippen molar-refractivity contribution >= 4 is 0 Å². The van der Waals surface area contributed by atoms with Gasteiger partial charge in [0.25, 0.3) is 5.56 Å². The van der Waals surface area contributed by atoms with Crippen LogP contribution in [0.4, 0.5) is 0 Å². The van der Waals surface area contributed by atoms with E-state index in [1.165, 1.54) is 0 Å². The molecule has 0 aliphatic carbocycles. The maximum Gasteiger partial charge on any atom is 0.255 e. The van der Waals surface area contributed by atoms with Crippen molar-refractivity contribution in [3.05, 3.63) is 57.3 Å². The summed E-state index contributed by atoms with van der Waals surface area (Å²) in [4.78, 5) is 21.3. The van der Waals surface area contributed by atoms with E-state index in [0.717, 1.165) is 36.3 Å². The molecule has 0 saturated heterocycles. The number of benzene rings is 1. The molecule has 0 atom stereocenters. The average molecular weight is 271 g/mol. The number of aryl methyl sites for hydroxylation is 1. The molecule has 0 spiro atoms. The van der Waals surface area contributed by atoms with E-state index in [0.29, 0.717) is 12.4 Å².